The van der Waals surface area contributed by atoms with Gasteiger partial charge in [-0.05, 0) is 25.0 Å². The minimum absolute atomic E-state index is 0.264. The molecule has 0 aliphatic heterocycles. The number of benzene rings is 1. The fourth-order valence-corrected chi connectivity index (χ4v) is 6.48. The molecule has 1 rings (SSSR count). The second-order valence-electron chi connectivity index (χ2n) is 14.2. The second-order valence-corrected chi connectivity index (χ2v) is 14.2. The van der Waals surface area contributed by atoms with Crippen LogP contribution in [0.5, 0.6) is 11.5 Å². The highest BCUT2D eigenvalue weighted by molar-refractivity contribution is 5.83. The molecule has 0 bridgehead atoms. The highest BCUT2D eigenvalue weighted by Gasteiger charge is 2.02. The lowest BCUT2D eigenvalue weighted by molar-refractivity contribution is 0.302. The normalized spacial score (nSPS) is 11.6. The number of hydrogen-bond acceptors (Lipinski definition) is 3. The lowest BCUT2D eigenvalue weighted by Gasteiger charge is -2.08. The third kappa shape index (κ3) is 28.7. The van der Waals surface area contributed by atoms with Crippen LogP contribution in [0.15, 0.2) is 23.2 Å². The quantitative estimate of drug-likeness (QED) is 0.0585. The van der Waals surface area contributed by atoms with Crippen molar-refractivity contribution in [1.82, 2.24) is 0 Å². The molecule has 0 spiro atoms. The van der Waals surface area contributed by atoms with Crippen molar-refractivity contribution in [3.63, 3.8) is 0 Å². The molecule has 0 amide bonds. The van der Waals surface area contributed by atoms with Crippen molar-refractivity contribution >= 4 is 6.21 Å². The summed E-state index contributed by atoms with van der Waals surface area (Å²) in [4.78, 5) is 4.56. The minimum Gasteiger partial charge on any atom is -0.507 e. The average Bonchev–Trinajstić information content (AvgIpc) is 3.06. The van der Waals surface area contributed by atoms with Crippen LogP contribution in [0, 0.1) is 0 Å². The smallest absolute Gasteiger partial charge is 0.128 e. The summed E-state index contributed by atoms with van der Waals surface area (Å²) in [7, 11) is 0. The molecule has 3 heteroatoms. The van der Waals surface area contributed by atoms with Gasteiger partial charge in [-0.15, -0.1) is 0 Å². The van der Waals surface area contributed by atoms with E-state index in [2.05, 4.69) is 18.8 Å². The average molecular weight is 642 g/mol. The van der Waals surface area contributed by atoms with Crippen LogP contribution in [-0.2, 0) is 0 Å². The maximum Gasteiger partial charge on any atom is 0.128 e. The molecule has 0 saturated carbocycles. The van der Waals surface area contributed by atoms with Gasteiger partial charge in [-0.25, -0.2) is 0 Å². The maximum atomic E-state index is 10.4. The SMILES string of the molecule is CCCCCCCCCCCCCCCCCCN=Cc1ccc(OCCCCCCCCCCCCCCCCCC)cc1O. The minimum atomic E-state index is 0.264. The molecule has 0 heterocycles. The van der Waals surface area contributed by atoms with Crippen LogP contribution in [0.1, 0.15) is 225 Å². The van der Waals surface area contributed by atoms with E-state index in [4.69, 9.17) is 4.74 Å². The Morgan fingerprint density at radius 2 is 0.826 bits per heavy atom. The predicted molar refractivity (Wildman–Crippen MR) is 205 cm³/mol. The van der Waals surface area contributed by atoms with Crippen LogP contribution >= 0.6 is 0 Å². The number of phenolic OH excluding ortho intramolecular Hbond substituents is 1. The zero-order valence-electron chi connectivity index (χ0n) is 31.2. The Labute approximate surface area is 288 Å². The van der Waals surface area contributed by atoms with Gasteiger partial charge in [0.05, 0.1) is 6.61 Å². The number of phenols is 1. The number of nitrogens with zero attached hydrogens (tertiary/aromatic N) is 1. The van der Waals surface area contributed by atoms with Crippen molar-refractivity contribution < 1.29 is 9.84 Å². The summed E-state index contributed by atoms with van der Waals surface area (Å²) in [5, 5.41) is 10.4. The van der Waals surface area contributed by atoms with Crippen molar-refractivity contribution in [2.24, 2.45) is 4.99 Å². The third-order valence-corrected chi connectivity index (χ3v) is 9.64. The number of hydrogen-bond donors (Lipinski definition) is 1. The van der Waals surface area contributed by atoms with Gasteiger partial charge in [0, 0.05) is 24.4 Å². The zero-order chi connectivity index (χ0) is 33.0. The molecule has 0 aliphatic carbocycles. The fraction of sp³-hybridized carbons (Fsp3) is 0.837. The summed E-state index contributed by atoms with van der Waals surface area (Å²) in [5.74, 6) is 1.02. The first-order chi connectivity index (χ1) is 22.8. The third-order valence-electron chi connectivity index (χ3n) is 9.64. The first-order valence-corrected chi connectivity index (χ1v) is 20.7. The number of rotatable bonds is 36. The summed E-state index contributed by atoms with van der Waals surface area (Å²) in [6, 6.07) is 5.63. The Kier molecular flexibility index (Phi) is 32.2. The first-order valence-electron chi connectivity index (χ1n) is 20.7. The lowest BCUT2D eigenvalue weighted by Crippen LogP contribution is -1.97. The van der Waals surface area contributed by atoms with Gasteiger partial charge < -0.3 is 9.84 Å². The van der Waals surface area contributed by atoms with Crippen LogP contribution in [-0.4, -0.2) is 24.5 Å². The lowest BCUT2D eigenvalue weighted by atomic mass is 10.0. The molecule has 0 aromatic heterocycles. The Balaban J connectivity index is 1.89. The monoisotopic (exact) mass is 642 g/mol. The molecule has 0 fully saturated rings. The standard InChI is InChI=1S/C43H79NO2/c1-3-5-7-9-11-13-15-17-19-21-23-25-27-29-31-33-37-44-40-41-35-36-42(39-43(41)45)46-38-34-32-30-28-26-24-22-20-18-16-14-12-10-8-6-4-2/h35-36,39-40,45H,3-34,37-38H2,1-2H3. The highest BCUT2D eigenvalue weighted by atomic mass is 16.5. The van der Waals surface area contributed by atoms with Crippen molar-refractivity contribution in [1.29, 1.82) is 0 Å². The van der Waals surface area contributed by atoms with Crippen LogP contribution < -0.4 is 4.74 Å². The second kappa shape index (κ2) is 34.8. The first kappa shape index (κ1) is 42.5. The zero-order valence-corrected chi connectivity index (χ0v) is 31.2. The summed E-state index contributed by atoms with van der Waals surface area (Å²) in [6.45, 7) is 6.15. The summed E-state index contributed by atoms with van der Waals surface area (Å²) in [5.41, 5.74) is 0.784. The van der Waals surface area contributed by atoms with E-state index in [9.17, 15) is 5.11 Å². The molecule has 0 aliphatic rings. The molecule has 0 saturated heterocycles. The predicted octanol–water partition coefficient (Wildman–Crippen LogP) is 14.7. The van der Waals surface area contributed by atoms with Crippen LogP contribution in [0.2, 0.25) is 0 Å². The number of unbranched alkanes of at least 4 members (excludes halogenated alkanes) is 30. The van der Waals surface area contributed by atoms with Gasteiger partial charge in [0.25, 0.3) is 0 Å². The van der Waals surface area contributed by atoms with E-state index in [0.717, 1.165) is 37.3 Å². The van der Waals surface area contributed by atoms with E-state index in [0.29, 0.717) is 0 Å². The molecular weight excluding hydrogens is 562 g/mol. The van der Waals surface area contributed by atoms with Gasteiger partial charge in [0.15, 0.2) is 0 Å². The molecule has 1 N–H and O–H groups in total. The largest absolute Gasteiger partial charge is 0.507 e. The van der Waals surface area contributed by atoms with Gasteiger partial charge >= 0.3 is 0 Å². The van der Waals surface area contributed by atoms with E-state index < -0.39 is 0 Å². The summed E-state index contributed by atoms with van der Waals surface area (Å²) < 4.78 is 5.90. The Morgan fingerprint density at radius 3 is 1.20 bits per heavy atom. The molecule has 1 aromatic rings. The number of aliphatic imine (C=N–C) groups is 1. The van der Waals surface area contributed by atoms with Gasteiger partial charge in [-0.1, -0.05) is 206 Å². The topological polar surface area (TPSA) is 41.8 Å². The van der Waals surface area contributed by atoms with Crippen molar-refractivity contribution in [2.45, 2.75) is 219 Å². The van der Waals surface area contributed by atoms with Gasteiger partial charge in [-0.2, -0.15) is 0 Å². The molecule has 0 atom stereocenters. The molecule has 3 nitrogen and oxygen atoms in total. The summed E-state index contributed by atoms with van der Waals surface area (Å²) in [6.07, 6.45) is 46.1. The van der Waals surface area contributed by atoms with Gasteiger partial charge in [0.2, 0.25) is 0 Å². The van der Waals surface area contributed by atoms with Crippen molar-refractivity contribution in [3.8, 4) is 11.5 Å². The fourth-order valence-electron chi connectivity index (χ4n) is 6.48. The summed E-state index contributed by atoms with van der Waals surface area (Å²) >= 11 is 0. The van der Waals surface area contributed by atoms with E-state index in [1.807, 2.05) is 18.3 Å². The van der Waals surface area contributed by atoms with Gasteiger partial charge in [-0.3, -0.25) is 4.99 Å². The molecule has 0 radical (unpaired) electrons. The van der Waals surface area contributed by atoms with Crippen molar-refractivity contribution in [3.05, 3.63) is 23.8 Å². The Hall–Kier alpha value is -1.51. The molecule has 0 unspecified atom stereocenters. The van der Waals surface area contributed by atoms with E-state index in [-0.39, 0.29) is 5.75 Å². The van der Waals surface area contributed by atoms with Crippen LogP contribution in [0.4, 0.5) is 0 Å². The molecular formula is C43H79NO2. The number of ether oxygens (including phenoxy) is 1. The van der Waals surface area contributed by atoms with E-state index in [1.54, 1.807) is 6.07 Å². The Morgan fingerprint density at radius 1 is 0.478 bits per heavy atom. The molecule has 1 aromatic carbocycles. The van der Waals surface area contributed by atoms with E-state index >= 15 is 0 Å². The number of aromatic hydroxyl groups is 1. The van der Waals surface area contributed by atoms with E-state index in [1.165, 1.54) is 193 Å². The van der Waals surface area contributed by atoms with Crippen LogP contribution in [0.25, 0.3) is 0 Å². The molecule has 46 heavy (non-hydrogen) atoms. The molecule has 268 valence electrons. The van der Waals surface area contributed by atoms with Gasteiger partial charge in [0.1, 0.15) is 11.5 Å². The highest BCUT2D eigenvalue weighted by Crippen LogP contribution is 2.23. The maximum absolute atomic E-state index is 10.4. The van der Waals surface area contributed by atoms with Crippen molar-refractivity contribution in [2.75, 3.05) is 13.2 Å². The van der Waals surface area contributed by atoms with Crippen LogP contribution in [0.3, 0.4) is 0 Å². The Bertz CT molecular complexity index is 776.